The second-order valence-corrected chi connectivity index (χ2v) is 6.01. The van der Waals surface area contributed by atoms with Gasteiger partial charge in [-0.2, -0.15) is 0 Å². The van der Waals surface area contributed by atoms with Crippen LogP contribution in [0.2, 0.25) is 0 Å². The van der Waals surface area contributed by atoms with Crippen molar-refractivity contribution in [2.24, 2.45) is 17.1 Å². The molecule has 0 aliphatic heterocycles. The van der Waals surface area contributed by atoms with Gasteiger partial charge in [0.15, 0.2) is 0 Å². The lowest BCUT2D eigenvalue weighted by Crippen LogP contribution is -2.44. The summed E-state index contributed by atoms with van der Waals surface area (Å²) in [5.74, 6) is 0.710. The van der Waals surface area contributed by atoms with Crippen molar-refractivity contribution in [1.82, 2.24) is 5.32 Å². The quantitative estimate of drug-likeness (QED) is 0.714. The van der Waals surface area contributed by atoms with Crippen LogP contribution in [0.25, 0.3) is 0 Å². The van der Waals surface area contributed by atoms with E-state index in [-0.39, 0.29) is 0 Å². The Kier molecular flexibility index (Phi) is 4.83. The fraction of sp³-hybridized carbons (Fsp3) is 1.00. The van der Waals surface area contributed by atoms with Crippen molar-refractivity contribution in [2.75, 3.05) is 26.8 Å². The maximum absolute atomic E-state index is 5.87. The Bertz CT molecular complexity index is 228. The Morgan fingerprint density at radius 1 is 1.29 bits per heavy atom. The molecule has 2 rings (SSSR count). The highest BCUT2D eigenvalue weighted by Crippen LogP contribution is 2.48. The lowest BCUT2D eigenvalue weighted by Gasteiger charge is -2.33. The first-order valence-corrected chi connectivity index (χ1v) is 7.22. The van der Waals surface area contributed by atoms with Crippen LogP contribution in [-0.2, 0) is 4.74 Å². The summed E-state index contributed by atoms with van der Waals surface area (Å²) < 4.78 is 5.20. The van der Waals surface area contributed by atoms with Gasteiger partial charge in [-0.1, -0.05) is 12.8 Å². The number of hydrogen-bond acceptors (Lipinski definition) is 3. The molecular weight excluding hydrogens is 212 g/mol. The standard InChI is InChI=1S/C14H28N2O/c1-17-9-8-14(6-7-14)11-16-13-5-3-2-4-12(13)10-15/h12-13,16H,2-11,15H2,1H3. The van der Waals surface area contributed by atoms with Gasteiger partial charge in [-0.15, -0.1) is 0 Å². The molecule has 17 heavy (non-hydrogen) atoms. The fourth-order valence-corrected chi connectivity index (χ4v) is 3.12. The lowest BCUT2D eigenvalue weighted by atomic mass is 9.84. The molecule has 0 aromatic carbocycles. The molecule has 2 aliphatic rings. The SMILES string of the molecule is COCCC1(CNC2CCCCC2CN)CC1. The first kappa shape index (κ1) is 13.3. The van der Waals surface area contributed by atoms with Crippen molar-refractivity contribution < 1.29 is 4.74 Å². The molecule has 0 bridgehead atoms. The predicted octanol–water partition coefficient (Wildman–Crippen LogP) is 1.91. The molecule has 3 N–H and O–H groups in total. The summed E-state index contributed by atoms with van der Waals surface area (Å²) >= 11 is 0. The van der Waals surface area contributed by atoms with Crippen molar-refractivity contribution in [3.05, 3.63) is 0 Å². The van der Waals surface area contributed by atoms with Crippen molar-refractivity contribution in [3.8, 4) is 0 Å². The third-order valence-corrected chi connectivity index (χ3v) is 4.74. The summed E-state index contributed by atoms with van der Waals surface area (Å²) in [6, 6.07) is 0.675. The van der Waals surface area contributed by atoms with Crippen molar-refractivity contribution in [1.29, 1.82) is 0 Å². The maximum Gasteiger partial charge on any atom is 0.0468 e. The lowest BCUT2D eigenvalue weighted by molar-refractivity contribution is 0.166. The van der Waals surface area contributed by atoms with Crippen LogP contribution < -0.4 is 11.1 Å². The highest BCUT2D eigenvalue weighted by atomic mass is 16.5. The average Bonchev–Trinajstić information content (AvgIpc) is 3.15. The minimum absolute atomic E-state index is 0.562. The number of methoxy groups -OCH3 is 1. The van der Waals surface area contributed by atoms with Crippen LogP contribution in [0.3, 0.4) is 0 Å². The van der Waals surface area contributed by atoms with Gasteiger partial charge in [0, 0.05) is 26.3 Å². The van der Waals surface area contributed by atoms with Crippen LogP contribution in [0.15, 0.2) is 0 Å². The van der Waals surface area contributed by atoms with Crippen LogP contribution in [0.5, 0.6) is 0 Å². The highest BCUT2D eigenvalue weighted by molar-refractivity contribution is 4.96. The average molecular weight is 240 g/mol. The topological polar surface area (TPSA) is 47.3 Å². The molecule has 3 heteroatoms. The number of rotatable bonds is 7. The molecule has 100 valence electrons. The summed E-state index contributed by atoms with van der Waals surface area (Å²) in [4.78, 5) is 0. The summed E-state index contributed by atoms with van der Waals surface area (Å²) in [7, 11) is 1.80. The Morgan fingerprint density at radius 2 is 2.06 bits per heavy atom. The van der Waals surface area contributed by atoms with Gasteiger partial charge in [-0.25, -0.2) is 0 Å². The molecule has 2 atom stereocenters. The zero-order valence-electron chi connectivity index (χ0n) is 11.2. The smallest absolute Gasteiger partial charge is 0.0468 e. The van der Waals surface area contributed by atoms with Gasteiger partial charge >= 0.3 is 0 Å². The summed E-state index contributed by atoms with van der Waals surface area (Å²) in [6.45, 7) is 2.94. The summed E-state index contributed by atoms with van der Waals surface area (Å²) in [6.07, 6.45) is 9.36. The molecule has 0 amide bonds. The molecule has 0 heterocycles. The third-order valence-electron chi connectivity index (χ3n) is 4.74. The first-order valence-electron chi connectivity index (χ1n) is 7.22. The minimum Gasteiger partial charge on any atom is -0.385 e. The second-order valence-electron chi connectivity index (χ2n) is 6.01. The van der Waals surface area contributed by atoms with Gasteiger partial charge in [0.05, 0.1) is 0 Å². The van der Waals surface area contributed by atoms with E-state index in [2.05, 4.69) is 5.32 Å². The van der Waals surface area contributed by atoms with Crippen molar-refractivity contribution >= 4 is 0 Å². The van der Waals surface area contributed by atoms with Crippen molar-refractivity contribution in [3.63, 3.8) is 0 Å². The molecule has 3 nitrogen and oxygen atoms in total. The molecule has 2 unspecified atom stereocenters. The molecule has 2 aliphatic carbocycles. The van der Waals surface area contributed by atoms with Gasteiger partial charge < -0.3 is 15.8 Å². The van der Waals surface area contributed by atoms with Crippen LogP contribution in [0, 0.1) is 11.3 Å². The van der Waals surface area contributed by atoms with Gasteiger partial charge in [0.2, 0.25) is 0 Å². The molecule has 0 aromatic rings. The molecule has 2 saturated carbocycles. The zero-order chi connectivity index (χ0) is 12.1. The van der Waals surface area contributed by atoms with Crippen LogP contribution in [0.1, 0.15) is 44.9 Å². The summed E-state index contributed by atoms with van der Waals surface area (Å²) in [5.41, 5.74) is 6.43. The van der Waals surface area contributed by atoms with E-state index in [4.69, 9.17) is 10.5 Å². The first-order chi connectivity index (χ1) is 8.29. The van der Waals surface area contributed by atoms with Gasteiger partial charge in [0.1, 0.15) is 0 Å². The van der Waals surface area contributed by atoms with E-state index >= 15 is 0 Å². The second kappa shape index (κ2) is 6.17. The van der Waals surface area contributed by atoms with E-state index in [1.807, 2.05) is 0 Å². The predicted molar refractivity (Wildman–Crippen MR) is 71.0 cm³/mol. The van der Waals surface area contributed by atoms with E-state index in [1.54, 1.807) is 7.11 Å². The third kappa shape index (κ3) is 3.67. The zero-order valence-corrected chi connectivity index (χ0v) is 11.2. The maximum atomic E-state index is 5.87. The number of nitrogens with one attached hydrogen (secondary N) is 1. The monoisotopic (exact) mass is 240 g/mol. The molecule has 0 aromatic heterocycles. The number of hydrogen-bond donors (Lipinski definition) is 2. The largest absolute Gasteiger partial charge is 0.385 e. The van der Waals surface area contributed by atoms with Gasteiger partial charge in [-0.3, -0.25) is 0 Å². The van der Waals surface area contributed by atoms with E-state index < -0.39 is 0 Å². The Labute approximate surface area is 105 Å². The Morgan fingerprint density at radius 3 is 2.71 bits per heavy atom. The summed E-state index contributed by atoms with van der Waals surface area (Å²) in [5, 5.41) is 3.80. The number of nitrogens with two attached hydrogens (primary N) is 1. The van der Waals surface area contributed by atoms with E-state index in [0.29, 0.717) is 17.4 Å². The van der Waals surface area contributed by atoms with Gasteiger partial charge in [0.25, 0.3) is 0 Å². The van der Waals surface area contributed by atoms with Crippen LogP contribution in [0.4, 0.5) is 0 Å². The molecular formula is C14H28N2O. The van der Waals surface area contributed by atoms with E-state index in [0.717, 1.165) is 13.2 Å². The Balaban J connectivity index is 1.73. The minimum atomic E-state index is 0.562. The molecule has 0 saturated heterocycles. The Hall–Kier alpha value is -0.120. The van der Waals surface area contributed by atoms with E-state index in [1.165, 1.54) is 51.5 Å². The van der Waals surface area contributed by atoms with Gasteiger partial charge in [-0.05, 0) is 50.0 Å². The highest BCUT2D eigenvalue weighted by Gasteiger charge is 2.42. The molecule has 0 spiro atoms. The normalized spacial score (nSPS) is 31.4. The van der Waals surface area contributed by atoms with E-state index in [9.17, 15) is 0 Å². The molecule has 2 fully saturated rings. The van der Waals surface area contributed by atoms with Crippen LogP contribution >= 0.6 is 0 Å². The fourth-order valence-electron chi connectivity index (χ4n) is 3.12. The van der Waals surface area contributed by atoms with Crippen molar-refractivity contribution in [2.45, 2.75) is 51.0 Å². The molecule has 0 radical (unpaired) electrons. The van der Waals surface area contributed by atoms with Crippen LogP contribution in [-0.4, -0.2) is 32.8 Å². The number of ether oxygens (including phenoxy) is 1.